The molecular weight excluding hydrogens is 286 g/mol. The number of amides is 1. The molecule has 0 aromatic carbocycles. The van der Waals surface area contributed by atoms with Crippen LogP contribution in [0.5, 0.6) is 0 Å². The van der Waals surface area contributed by atoms with Crippen molar-refractivity contribution in [2.75, 3.05) is 36.5 Å². The van der Waals surface area contributed by atoms with Gasteiger partial charge in [-0.3, -0.25) is 4.79 Å². The third kappa shape index (κ3) is 3.22. The number of aromatic nitrogens is 1. The van der Waals surface area contributed by atoms with E-state index in [9.17, 15) is 4.79 Å². The van der Waals surface area contributed by atoms with Crippen LogP contribution in [-0.2, 0) is 4.74 Å². The highest BCUT2D eigenvalue weighted by molar-refractivity contribution is 7.12. The number of morpholine rings is 1. The van der Waals surface area contributed by atoms with Crippen molar-refractivity contribution in [2.24, 2.45) is 0 Å². The van der Waals surface area contributed by atoms with E-state index in [4.69, 9.17) is 4.74 Å². The Kier molecular flexibility index (Phi) is 4.17. The number of carbonyl (C=O) groups is 1. The highest BCUT2D eigenvalue weighted by Gasteiger charge is 2.13. The molecule has 0 spiro atoms. The number of nitrogens with zero attached hydrogens (tertiary/aromatic N) is 2. The minimum atomic E-state index is -0.103. The van der Waals surface area contributed by atoms with Gasteiger partial charge in [0, 0.05) is 13.1 Å². The zero-order valence-electron chi connectivity index (χ0n) is 11.8. The van der Waals surface area contributed by atoms with Crippen molar-refractivity contribution in [2.45, 2.75) is 6.92 Å². The molecule has 110 valence electrons. The van der Waals surface area contributed by atoms with Crippen molar-refractivity contribution >= 4 is 28.7 Å². The Morgan fingerprint density at radius 1 is 1.33 bits per heavy atom. The van der Waals surface area contributed by atoms with Gasteiger partial charge in [-0.25, -0.2) is 4.98 Å². The van der Waals surface area contributed by atoms with Gasteiger partial charge in [-0.15, -0.1) is 11.3 Å². The molecule has 2 aromatic rings. The van der Waals surface area contributed by atoms with Crippen LogP contribution >= 0.6 is 11.3 Å². The number of ether oxygens (including phenoxy) is 1. The third-order valence-electron chi connectivity index (χ3n) is 3.43. The standard InChI is InChI=1S/C15H17N3O2S/c1-11-4-9-21-14(11)15(19)17-13-3-2-12(10-16-13)18-5-7-20-8-6-18/h2-4,9-10H,5-8H2,1H3,(H,16,17,19). The van der Waals surface area contributed by atoms with Crippen LogP contribution in [0.4, 0.5) is 11.5 Å². The molecular formula is C15H17N3O2S. The van der Waals surface area contributed by atoms with E-state index in [1.165, 1.54) is 11.3 Å². The van der Waals surface area contributed by atoms with Crippen LogP contribution in [0.2, 0.25) is 0 Å². The molecule has 1 aliphatic rings. The fourth-order valence-electron chi connectivity index (χ4n) is 2.25. The number of aryl methyl sites for hydroxylation is 1. The maximum atomic E-state index is 12.1. The monoisotopic (exact) mass is 303 g/mol. The van der Waals surface area contributed by atoms with Crippen molar-refractivity contribution in [3.8, 4) is 0 Å². The largest absolute Gasteiger partial charge is 0.378 e. The van der Waals surface area contributed by atoms with E-state index in [2.05, 4.69) is 15.2 Å². The molecule has 1 saturated heterocycles. The van der Waals surface area contributed by atoms with E-state index < -0.39 is 0 Å². The Morgan fingerprint density at radius 3 is 2.76 bits per heavy atom. The molecule has 0 atom stereocenters. The quantitative estimate of drug-likeness (QED) is 0.947. The van der Waals surface area contributed by atoms with Crippen LogP contribution in [0, 0.1) is 6.92 Å². The van der Waals surface area contributed by atoms with E-state index in [0.29, 0.717) is 5.82 Å². The van der Waals surface area contributed by atoms with Crippen LogP contribution < -0.4 is 10.2 Å². The van der Waals surface area contributed by atoms with E-state index >= 15 is 0 Å². The normalized spacial score (nSPS) is 15.0. The lowest BCUT2D eigenvalue weighted by Crippen LogP contribution is -2.36. The number of rotatable bonds is 3. The first-order valence-electron chi connectivity index (χ1n) is 6.88. The first kappa shape index (κ1) is 14.0. The Hall–Kier alpha value is -1.92. The first-order chi connectivity index (χ1) is 10.2. The Morgan fingerprint density at radius 2 is 2.14 bits per heavy atom. The average molecular weight is 303 g/mol. The van der Waals surface area contributed by atoms with Gasteiger partial charge in [0.15, 0.2) is 0 Å². The van der Waals surface area contributed by atoms with Gasteiger partial charge in [0.05, 0.1) is 30.0 Å². The van der Waals surface area contributed by atoms with E-state index in [1.54, 1.807) is 6.20 Å². The van der Waals surface area contributed by atoms with Gasteiger partial charge < -0.3 is 15.0 Å². The summed E-state index contributed by atoms with van der Waals surface area (Å²) in [7, 11) is 0. The summed E-state index contributed by atoms with van der Waals surface area (Å²) in [6.07, 6.45) is 1.79. The molecule has 1 fully saturated rings. The molecule has 3 rings (SSSR count). The zero-order valence-corrected chi connectivity index (χ0v) is 12.7. The number of anilines is 2. The molecule has 6 heteroatoms. The van der Waals surface area contributed by atoms with Gasteiger partial charge in [-0.05, 0) is 36.1 Å². The van der Waals surface area contributed by atoms with Crippen molar-refractivity contribution in [3.63, 3.8) is 0 Å². The molecule has 1 N–H and O–H groups in total. The van der Waals surface area contributed by atoms with Gasteiger partial charge in [0.25, 0.3) is 5.91 Å². The minimum absolute atomic E-state index is 0.103. The topological polar surface area (TPSA) is 54.5 Å². The lowest BCUT2D eigenvalue weighted by molar-refractivity contribution is 0.102. The smallest absolute Gasteiger partial charge is 0.267 e. The van der Waals surface area contributed by atoms with E-state index in [-0.39, 0.29) is 5.91 Å². The van der Waals surface area contributed by atoms with Gasteiger partial charge in [-0.2, -0.15) is 0 Å². The lowest BCUT2D eigenvalue weighted by atomic mass is 10.3. The van der Waals surface area contributed by atoms with Crippen molar-refractivity contribution < 1.29 is 9.53 Å². The number of thiophene rings is 1. The number of hydrogen-bond donors (Lipinski definition) is 1. The van der Waals surface area contributed by atoms with Crippen LogP contribution in [0.15, 0.2) is 29.8 Å². The molecule has 2 aromatic heterocycles. The summed E-state index contributed by atoms with van der Waals surface area (Å²) in [5.74, 6) is 0.471. The number of nitrogens with one attached hydrogen (secondary N) is 1. The van der Waals surface area contributed by atoms with Gasteiger partial charge in [-0.1, -0.05) is 0 Å². The lowest BCUT2D eigenvalue weighted by Gasteiger charge is -2.28. The zero-order chi connectivity index (χ0) is 14.7. The Balaban J connectivity index is 1.67. The van der Waals surface area contributed by atoms with Crippen LogP contribution in [0.3, 0.4) is 0 Å². The molecule has 1 aliphatic heterocycles. The van der Waals surface area contributed by atoms with E-state index in [1.807, 2.05) is 30.5 Å². The summed E-state index contributed by atoms with van der Waals surface area (Å²) in [6.45, 7) is 5.18. The average Bonchev–Trinajstić information content (AvgIpc) is 2.95. The second-order valence-corrected chi connectivity index (χ2v) is 5.80. The van der Waals surface area contributed by atoms with Gasteiger partial charge in [0.2, 0.25) is 0 Å². The predicted octanol–water partition coefficient (Wildman–Crippen LogP) is 2.54. The SMILES string of the molecule is Cc1ccsc1C(=O)Nc1ccc(N2CCOCC2)cn1. The molecule has 0 saturated carbocycles. The Bertz CT molecular complexity index is 618. The van der Waals surface area contributed by atoms with E-state index in [0.717, 1.165) is 42.4 Å². The molecule has 5 nitrogen and oxygen atoms in total. The van der Waals surface area contributed by atoms with Crippen LogP contribution in [-0.4, -0.2) is 37.2 Å². The number of hydrogen-bond acceptors (Lipinski definition) is 5. The third-order valence-corrected chi connectivity index (χ3v) is 4.45. The van der Waals surface area contributed by atoms with Crippen molar-refractivity contribution in [1.29, 1.82) is 0 Å². The fraction of sp³-hybridized carbons (Fsp3) is 0.333. The second-order valence-electron chi connectivity index (χ2n) is 4.89. The van der Waals surface area contributed by atoms with Crippen molar-refractivity contribution in [3.05, 3.63) is 40.2 Å². The number of pyridine rings is 1. The summed E-state index contributed by atoms with van der Waals surface area (Å²) in [5.41, 5.74) is 2.05. The summed E-state index contributed by atoms with van der Waals surface area (Å²) >= 11 is 1.44. The minimum Gasteiger partial charge on any atom is -0.378 e. The highest BCUT2D eigenvalue weighted by Crippen LogP contribution is 2.19. The Labute approximate surface area is 127 Å². The maximum absolute atomic E-state index is 12.1. The summed E-state index contributed by atoms with van der Waals surface area (Å²) in [5, 5.41) is 4.75. The molecule has 1 amide bonds. The molecule has 0 radical (unpaired) electrons. The summed E-state index contributed by atoms with van der Waals surface area (Å²) in [6, 6.07) is 5.76. The van der Waals surface area contributed by atoms with Crippen LogP contribution in [0.25, 0.3) is 0 Å². The van der Waals surface area contributed by atoms with Gasteiger partial charge >= 0.3 is 0 Å². The second kappa shape index (κ2) is 6.24. The molecule has 0 unspecified atom stereocenters. The first-order valence-corrected chi connectivity index (χ1v) is 7.76. The highest BCUT2D eigenvalue weighted by atomic mass is 32.1. The maximum Gasteiger partial charge on any atom is 0.267 e. The molecule has 21 heavy (non-hydrogen) atoms. The van der Waals surface area contributed by atoms with Crippen molar-refractivity contribution in [1.82, 2.24) is 4.98 Å². The van der Waals surface area contributed by atoms with Gasteiger partial charge in [0.1, 0.15) is 5.82 Å². The van der Waals surface area contributed by atoms with Crippen LogP contribution in [0.1, 0.15) is 15.2 Å². The molecule has 0 bridgehead atoms. The molecule has 3 heterocycles. The predicted molar refractivity (Wildman–Crippen MR) is 84.3 cm³/mol. The molecule has 0 aliphatic carbocycles. The number of carbonyl (C=O) groups excluding carboxylic acids is 1. The summed E-state index contributed by atoms with van der Waals surface area (Å²) < 4.78 is 5.33. The fourth-order valence-corrected chi connectivity index (χ4v) is 3.07. The summed E-state index contributed by atoms with van der Waals surface area (Å²) in [4.78, 5) is 19.4.